The molecule has 2 heterocycles. The Kier molecular flexibility index (Phi) is 1.91. The summed E-state index contributed by atoms with van der Waals surface area (Å²) in [5, 5.41) is 3.36. The van der Waals surface area contributed by atoms with Gasteiger partial charge in [0.2, 0.25) is 0 Å². The first-order valence-electron chi connectivity index (χ1n) is 4.44. The van der Waals surface area contributed by atoms with Gasteiger partial charge >= 0.3 is 0 Å². The first-order chi connectivity index (χ1) is 4.97. The molecule has 1 unspecified atom stereocenters. The lowest BCUT2D eigenvalue weighted by atomic mass is 10.2. The predicted octanol–water partition coefficient (Wildman–Crippen LogP) is 0.792. The van der Waals surface area contributed by atoms with E-state index in [9.17, 15) is 0 Å². The highest BCUT2D eigenvalue weighted by molar-refractivity contribution is 4.84. The Morgan fingerprint density at radius 3 is 2.10 bits per heavy atom. The van der Waals surface area contributed by atoms with Gasteiger partial charge in [0.25, 0.3) is 0 Å². The topological polar surface area (TPSA) is 25.2 Å². The molecule has 1 N–H and O–H groups in total. The fourth-order valence-electron chi connectivity index (χ4n) is 1.72. The summed E-state index contributed by atoms with van der Waals surface area (Å²) in [5.41, 5.74) is 0. The van der Waals surface area contributed by atoms with E-state index < -0.39 is 0 Å². The van der Waals surface area contributed by atoms with Crippen molar-refractivity contribution < 1.29 is 0 Å². The summed E-state index contributed by atoms with van der Waals surface area (Å²) >= 11 is 0. The molecule has 0 bridgehead atoms. The molecule has 0 saturated carbocycles. The van der Waals surface area contributed by atoms with Gasteiger partial charge < -0.3 is 0 Å². The zero-order valence-electron chi connectivity index (χ0n) is 6.47. The molecule has 2 nitrogen and oxygen atoms in total. The molecule has 0 amide bonds. The minimum atomic E-state index is 0.762. The van der Waals surface area contributed by atoms with Crippen molar-refractivity contribution in [1.82, 2.24) is 10.2 Å². The Morgan fingerprint density at radius 1 is 1.00 bits per heavy atom. The Balaban J connectivity index is 1.81. The molecule has 2 rings (SSSR count). The summed E-state index contributed by atoms with van der Waals surface area (Å²) in [6.07, 6.45) is 6.49. The lowest BCUT2D eigenvalue weighted by molar-refractivity contribution is 0.271. The fraction of sp³-hybridized carbons (Fsp3) is 1.00. The Labute approximate surface area is 62.6 Å². The second-order valence-corrected chi connectivity index (χ2v) is 3.37. The molecule has 58 valence electrons. The van der Waals surface area contributed by atoms with Crippen LogP contribution in [0, 0.1) is 0 Å². The van der Waals surface area contributed by atoms with Crippen LogP contribution < -0.4 is 5.32 Å². The van der Waals surface area contributed by atoms with Crippen molar-refractivity contribution in [3.8, 4) is 0 Å². The predicted molar refractivity (Wildman–Crippen MR) is 41.8 cm³/mol. The molecule has 0 radical (unpaired) electrons. The maximum Gasteiger partial charge on any atom is 0.0727 e. The van der Waals surface area contributed by atoms with E-state index in [-0.39, 0.29) is 0 Å². The molecule has 1 atom stereocenters. The van der Waals surface area contributed by atoms with Crippen molar-refractivity contribution in [3.63, 3.8) is 0 Å². The molecule has 2 saturated heterocycles. The van der Waals surface area contributed by atoms with Gasteiger partial charge in [-0.1, -0.05) is 12.8 Å². The van der Waals surface area contributed by atoms with Crippen molar-refractivity contribution >= 4 is 0 Å². The second kappa shape index (κ2) is 2.89. The van der Waals surface area contributed by atoms with E-state index in [0.29, 0.717) is 0 Å². The summed E-state index contributed by atoms with van der Waals surface area (Å²) in [6, 6.07) is 0. The highest BCUT2D eigenvalue weighted by Gasteiger charge is 2.27. The van der Waals surface area contributed by atoms with Gasteiger partial charge in [-0.15, -0.1) is 0 Å². The number of hydrogen-bond donors (Lipinski definition) is 1. The van der Waals surface area contributed by atoms with Crippen molar-refractivity contribution in [2.45, 2.75) is 31.8 Å². The molecule has 0 aliphatic carbocycles. The largest absolute Gasteiger partial charge is 0.298 e. The van der Waals surface area contributed by atoms with E-state index in [1.807, 2.05) is 0 Å². The maximum atomic E-state index is 3.36. The Hall–Kier alpha value is -0.0800. The van der Waals surface area contributed by atoms with Crippen LogP contribution in [0.1, 0.15) is 25.7 Å². The molecule has 0 aromatic rings. The van der Waals surface area contributed by atoms with Crippen molar-refractivity contribution in [3.05, 3.63) is 0 Å². The third-order valence-corrected chi connectivity index (χ3v) is 2.47. The van der Waals surface area contributed by atoms with Crippen LogP contribution in [0.25, 0.3) is 0 Å². The molecule has 10 heavy (non-hydrogen) atoms. The fourth-order valence-corrected chi connectivity index (χ4v) is 1.72. The van der Waals surface area contributed by atoms with Gasteiger partial charge in [-0.25, -0.2) is 0 Å². The van der Waals surface area contributed by atoms with Gasteiger partial charge in [-0.05, 0) is 25.9 Å². The number of nitrogens with one attached hydrogen (secondary N) is 1. The molecule has 0 spiro atoms. The monoisotopic (exact) mass is 140 g/mol. The van der Waals surface area contributed by atoms with Crippen LogP contribution >= 0.6 is 0 Å². The van der Waals surface area contributed by atoms with Crippen LogP contribution in [0.3, 0.4) is 0 Å². The Morgan fingerprint density at radius 2 is 1.60 bits per heavy atom. The number of likely N-dealkylation sites (tertiary alicyclic amines) is 1. The van der Waals surface area contributed by atoms with Crippen LogP contribution in [-0.2, 0) is 0 Å². The summed E-state index contributed by atoms with van der Waals surface area (Å²) in [6.45, 7) is 3.90. The number of rotatable bonds is 1. The average molecular weight is 140 g/mol. The highest BCUT2D eigenvalue weighted by Crippen LogP contribution is 2.14. The SMILES string of the molecule is C1CCCN(C2CN2)CC1. The third kappa shape index (κ3) is 1.50. The van der Waals surface area contributed by atoms with Crippen LogP contribution in [0.5, 0.6) is 0 Å². The van der Waals surface area contributed by atoms with Crippen LogP contribution in [0.15, 0.2) is 0 Å². The van der Waals surface area contributed by atoms with E-state index in [1.54, 1.807) is 0 Å². The summed E-state index contributed by atoms with van der Waals surface area (Å²) in [5.74, 6) is 0. The minimum absolute atomic E-state index is 0.762. The highest BCUT2D eigenvalue weighted by atomic mass is 15.4. The van der Waals surface area contributed by atoms with E-state index >= 15 is 0 Å². The van der Waals surface area contributed by atoms with E-state index in [2.05, 4.69) is 10.2 Å². The molecular formula is C8H16N2. The van der Waals surface area contributed by atoms with E-state index in [1.165, 1.54) is 45.3 Å². The third-order valence-electron chi connectivity index (χ3n) is 2.47. The molecule has 0 aromatic carbocycles. The zero-order chi connectivity index (χ0) is 6.81. The van der Waals surface area contributed by atoms with Gasteiger partial charge in [-0.2, -0.15) is 0 Å². The first kappa shape index (κ1) is 6.62. The molecule has 2 aliphatic rings. The number of hydrogen-bond acceptors (Lipinski definition) is 2. The minimum Gasteiger partial charge on any atom is -0.298 e. The summed E-state index contributed by atoms with van der Waals surface area (Å²) in [4.78, 5) is 2.59. The van der Waals surface area contributed by atoms with Gasteiger partial charge in [0, 0.05) is 6.54 Å². The number of nitrogens with zero attached hydrogens (tertiary/aromatic N) is 1. The lowest BCUT2D eigenvalue weighted by Crippen LogP contribution is -2.29. The molecular weight excluding hydrogens is 124 g/mol. The smallest absolute Gasteiger partial charge is 0.0727 e. The van der Waals surface area contributed by atoms with E-state index in [4.69, 9.17) is 0 Å². The molecule has 2 fully saturated rings. The van der Waals surface area contributed by atoms with Crippen LogP contribution in [0.4, 0.5) is 0 Å². The van der Waals surface area contributed by atoms with Gasteiger partial charge in [-0.3, -0.25) is 10.2 Å². The van der Waals surface area contributed by atoms with Crippen LogP contribution in [0.2, 0.25) is 0 Å². The molecule has 2 aliphatic heterocycles. The zero-order valence-corrected chi connectivity index (χ0v) is 6.47. The quantitative estimate of drug-likeness (QED) is 0.545. The van der Waals surface area contributed by atoms with Gasteiger partial charge in [0.15, 0.2) is 0 Å². The standard InChI is InChI=1S/C8H16N2/c1-2-4-6-10(5-3-1)8-7-9-8/h8-9H,1-7H2. The van der Waals surface area contributed by atoms with Crippen LogP contribution in [-0.4, -0.2) is 30.7 Å². The van der Waals surface area contributed by atoms with Gasteiger partial charge in [0.1, 0.15) is 0 Å². The van der Waals surface area contributed by atoms with Crippen molar-refractivity contribution in [1.29, 1.82) is 0 Å². The Bertz CT molecular complexity index is 102. The normalized spacial score (nSPS) is 35.4. The summed E-state index contributed by atoms with van der Waals surface area (Å²) in [7, 11) is 0. The molecule has 0 aromatic heterocycles. The summed E-state index contributed by atoms with van der Waals surface area (Å²) < 4.78 is 0. The molecule has 2 heteroatoms. The second-order valence-electron chi connectivity index (χ2n) is 3.37. The lowest BCUT2D eigenvalue weighted by Gasteiger charge is -2.16. The van der Waals surface area contributed by atoms with E-state index in [0.717, 1.165) is 6.17 Å². The first-order valence-corrected chi connectivity index (χ1v) is 4.44. The van der Waals surface area contributed by atoms with Crippen molar-refractivity contribution in [2.75, 3.05) is 19.6 Å². The van der Waals surface area contributed by atoms with Crippen molar-refractivity contribution in [2.24, 2.45) is 0 Å². The average Bonchev–Trinajstić information content (AvgIpc) is 2.76. The van der Waals surface area contributed by atoms with Gasteiger partial charge in [0.05, 0.1) is 6.17 Å². The maximum absolute atomic E-state index is 3.36.